The first kappa shape index (κ1) is 32.2. The van der Waals surface area contributed by atoms with Gasteiger partial charge in [-0.15, -0.1) is 0 Å². The van der Waals surface area contributed by atoms with Crippen molar-refractivity contribution in [2.45, 2.75) is 103 Å². The quantitative estimate of drug-likeness (QED) is 0.0968. The van der Waals surface area contributed by atoms with E-state index >= 15 is 0 Å². The second-order valence-electron chi connectivity index (χ2n) is 12.5. The molecule has 40 heavy (non-hydrogen) atoms. The molecule has 2 fully saturated rings. The van der Waals surface area contributed by atoms with Crippen LogP contribution in [0, 0.1) is 23.7 Å². The number of carbonyl (C=O) groups excluding carboxylic acids is 1. The Kier molecular flexibility index (Phi) is 13.5. The molecule has 0 amide bonds. The molecular formula is C36H54O4. The maximum absolute atomic E-state index is 11.9. The number of hydrogen-bond acceptors (Lipinski definition) is 4. The first-order valence-electron chi connectivity index (χ1n) is 15.8. The predicted molar refractivity (Wildman–Crippen MR) is 165 cm³/mol. The summed E-state index contributed by atoms with van der Waals surface area (Å²) in [4.78, 5) is 11.9. The summed E-state index contributed by atoms with van der Waals surface area (Å²) < 4.78 is 11.2. The minimum Gasteiger partial charge on any atom is -0.494 e. The molecule has 3 rings (SSSR count). The van der Waals surface area contributed by atoms with Crippen LogP contribution in [0.1, 0.15) is 108 Å². The van der Waals surface area contributed by atoms with Crippen molar-refractivity contribution in [3.63, 3.8) is 0 Å². The number of benzene rings is 1. The highest BCUT2D eigenvalue weighted by Gasteiger charge is 2.32. The van der Waals surface area contributed by atoms with E-state index in [2.05, 4.69) is 50.9 Å². The van der Waals surface area contributed by atoms with Gasteiger partial charge in [-0.25, -0.2) is 4.79 Å². The van der Waals surface area contributed by atoms with Gasteiger partial charge >= 0.3 is 5.97 Å². The summed E-state index contributed by atoms with van der Waals surface area (Å²) in [6.07, 6.45) is 16.0. The standard InChI is InChI=1S/C36H54O4/c1-6-7-29-8-12-32(13-9-29)34-16-18-35(19-17-34)33-14-10-30(11-15-33)24-31(20-22-39-28(5)26(2)3)21-23-40-36(38)27(4)25-37/h8-9,12-13,30-31,33-35,37H,2,4-7,10-11,14-25H2,1,3H3. The van der Waals surface area contributed by atoms with Crippen molar-refractivity contribution in [1.29, 1.82) is 0 Å². The Morgan fingerprint density at radius 2 is 1.48 bits per heavy atom. The van der Waals surface area contributed by atoms with Gasteiger partial charge in [-0.2, -0.15) is 0 Å². The molecule has 222 valence electrons. The average Bonchev–Trinajstić information content (AvgIpc) is 2.97. The van der Waals surface area contributed by atoms with Crippen LogP contribution in [-0.4, -0.2) is 30.9 Å². The number of hydrogen-bond donors (Lipinski definition) is 1. The van der Waals surface area contributed by atoms with E-state index in [0.29, 0.717) is 24.9 Å². The third-order valence-corrected chi connectivity index (χ3v) is 9.50. The predicted octanol–water partition coefficient (Wildman–Crippen LogP) is 8.70. The van der Waals surface area contributed by atoms with Crippen LogP contribution in [0.2, 0.25) is 0 Å². The van der Waals surface area contributed by atoms with Crippen LogP contribution in [0.25, 0.3) is 0 Å². The molecule has 2 aliphatic carbocycles. The van der Waals surface area contributed by atoms with Crippen molar-refractivity contribution >= 4 is 5.97 Å². The molecule has 1 N–H and O–H groups in total. The molecule has 0 saturated heterocycles. The molecular weight excluding hydrogens is 496 g/mol. The first-order valence-corrected chi connectivity index (χ1v) is 15.8. The van der Waals surface area contributed by atoms with E-state index in [1.807, 2.05) is 6.92 Å². The van der Waals surface area contributed by atoms with Crippen LogP contribution in [-0.2, 0) is 20.7 Å². The molecule has 1 aromatic rings. The molecule has 0 aliphatic heterocycles. The molecule has 4 heteroatoms. The minimum atomic E-state index is -0.503. The monoisotopic (exact) mass is 550 g/mol. The number of aliphatic hydroxyl groups excluding tert-OH is 1. The molecule has 2 aliphatic rings. The van der Waals surface area contributed by atoms with Crippen molar-refractivity contribution in [3.8, 4) is 0 Å². The third-order valence-electron chi connectivity index (χ3n) is 9.50. The lowest BCUT2D eigenvalue weighted by atomic mass is 9.67. The molecule has 4 nitrogen and oxygen atoms in total. The Morgan fingerprint density at radius 3 is 2.02 bits per heavy atom. The van der Waals surface area contributed by atoms with Crippen LogP contribution < -0.4 is 0 Å². The van der Waals surface area contributed by atoms with Gasteiger partial charge in [0.05, 0.1) is 25.4 Å². The largest absolute Gasteiger partial charge is 0.494 e. The van der Waals surface area contributed by atoms with Gasteiger partial charge in [0.25, 0.3) is 0 Å². The highest BCUT2D eigenvalue weighted by Crippen LogP contribution is 2.45. The number of rotatable bonds is 16. The molecule has 0 heterocycles. The Bertz CT molecular complexity index is 946. The van der Waals surface area contributed by atoms with Crippen LogP contribution >= 0.6 is 0 Å². The number of carbonyl (C=O) groups is 1. The van der Waals surface area contributed by atoms with E-state index in [9.17, 15) is 4.79 Å². The number of esters is 1. The highest BCUT2D eigenvalue weighted by molar-refractivity contribution is 5.87. The number of aliphatic hydroxyl groups is 1. The van der Waals surface area contributed by atoms with Crippen molar-refractivity contribution < 1.29 is 19.4 Å². The topological polar surface area (TPSA) is 55.8 Å². The molecule has 1 aromatic carbocycles. The molecule has 0 radical (unpaired) electrons. The second kappa shape index (κ2) is 16.8. The SMILES string of the molecule is C=C(C)C(=C)OCCC(CCOC(=O)C(=C)CO)CC1CCC(C2CCC(c3ccc(CCC)cc3)CC2)CC1. The Balaban J connectivity index is 1.43. The lowest BCUT2D eigenvalue weighted by molar-refractivity contribution is -0.139. The Morgan fingerprint density at radius 1 is 0.900 bits per heavy atom. The molecule has 1 unspecified atom stereocenters. The minimum absolute atomic E-state index is 0.106. The van der Waals surface area contributed by atoms with Gasteiger partial charge in [-0.1, -0.05) is 70.2 Å². The maximum atomic E-state index is 11.9. The first-order chi connectivity index (χ1) is 19.3. The third kappa shape index (κ3) is 10.3. The zero-order chi connectivity index (χ0) is 28.9. The van der Waals surface area contributed by atoms with Crippen molar-refractivity contribution in [3.05, 3.63) is 72.0 Å². The lowest BCUT2D eigenvalue weighted by Crippen LogP contribution is -2.26. The van der Waals surface area contributed by atoms with E-state index in [1.54, 1.807) is 5.56 Å². The van der Waals surface area contributed by atoms with Crippen molar-refractivity contribution in [2.75, 3.05) is 19.8 Å². The summed E-state index contributed by atoms with van der Waals surface area (Å²) in [7, 11) is 0. The number of allylic oxidation sites excluding steroid dienone is 1. The highest BCUT2D eigenvalue weighted by atomic mass is 16.5. The number of aryl methyl sites for hydroxylation is 1. The Hall–Kier alpha value is -2.33. The lowest BCUT2D eigenvalue weighted by Gasteiger charge is -2.38. The average molecular weight is 551 g/mol. The van der Waals surface area contributed by atoms with Crippen LogP contribution in [0.4, 0.5) is 0 Å². The fourth-order valence-corrected chi connectivity index (χ4v) is 6.87. The van der Waals surface area contributed by atoms with Crippen molar-refractivity contribution in [2.24, 2.45) is 23.7 Å². The smallest absolute Gasteiger partial charge is 0.335 e. The normalized spacial score (nSPS) is 23.7. The van der Waals surface area contributed by atoms with E-state index in [1.165, 1.54) is 69.8 Å². The fraction of sp³-hybridized carbons (Fsp3) is 0.639. The van der Waals surface area contributed by atoms with E-state index < -0.39 is 5.97 Å². The van der Waals surface area contributed by atoms with E-state index in [4.69, 9.17) is 14.6 Å². The van der Waals surface area contributed by atoms with Gasteiger partial charge in [0.2, 0.25) is 0 Å². The summed E-state index contributed by atoms with van der Waals surface area (Å²) >= 11 is 0. The summed E-state index contributed by atoms with van der Waals surface area (Å²) in [5, 5.41) is 9.12. The summed E-state index contributed by atoms with van der Waals surface area (Å²) in [6, 6.07) is 9.47. The molecule has 1 atom stereocenters. The van der Waals surface area contributed by atoms with Gasteiger partial charge in [0.15, 0.2) is 0 Å². The molecule has 0 aromatic heterocycles. The van der Waals surface area contributed by atoms with Crippen molar-refractivity contribution in [1.82, 2.24) is 0 Å². The molecule has 0 bridgehead atoms. The van der Waals surface area contributed by atoms with E-state index in [-0.39, 0.29) is 12.2 Å². The number of ether oxygens (including phenoxy) is 2. The zero-order valence-corrected chi connectivity index (χ0v) is 25.3. The summed E-state index contributed by atoms with van der Waals surface area (Å²) in [5.41, 5.74) is 3.98. The van der Waals surface area contributed by atoms with Gasteiger partial charge in [-0.05, 0) is 117 Å². The fourth-order valence-electron chi connectivity index (χ4n) is 6.87. The Labute approximate surface area is 243 Å². The second-order valence-corrected chi connectivity index (χ2v) is 12.5. The summed E-state index contributed by atoms with van der Waals surface area (Å²) in [6.45, 7) is 16.2. The molecule has 2 saturated carbocycles. The summed E-state index contributed by atoms with van der Waals surface area (Å²) in [5.74, 6) is 3.82. The molecule has 0 spiro atoms. The van der Waals surface area contributed by atoms with Gasteiger partial charge < -0.3 is 14.6 Å². The van der Waals surface area contributed by atoms with Gasteiger partial charge in [0, 0.05) is 0 Å². The van der Waals surface area contributed by atoms with Gasteiger partial charge in [-0.3, -0.25) is 0 Å². The van der Waals surface area contributed by atoms with Crippen LogP contribution in [0.3, 0.4) is 0 Å². The maximum Gasteiger partial charge on any atom is 0.335 e. The zero-order valence-electron chi connectivity index (χ0n) is 25.3. The van der Waals surface area contributed by atoms with Crippen LogP contribution in [0.15, 0.2) is 60.9 Å². The van der Waals surface area contributed by atoms with E-state index in [0.717, 1.165) is 48.5 Å². The van der Waals surface area contributed by atoms with Crippen LogP contribution in [0.5, 0.6) is 0 Å². The van der Waals surface area contributed by atoms with Gasteiger partial charge in [0.1, 0.15) is 5.76 Å².